The van der Waals surface area contributed by atoms with Crippen LogP contribution in [0.1, 0.15) is 18.1 Å². The summed E-state index contributed by atoms with van der Waals surface area (Å²) in [4.78, 5) is 2.31. The average molecular weight is 232 g/mol. The lowest BCUT2D eigenvalue weighted by Crippen LogP contribution is -2.26. The molecule has 0 bridgehead atoms. The van der Waals surface area contributed by atoms with Crippen LogP contribution in [0.25, 0.3) is 0 Å². The van der Waals surface area contributed by atoms with E-state index in [-0.39, 0.29) is 0 Å². The molecule has 0 radical (unpaired) electrons. The van der Waals surface area contributed by atoms with E-state index in [2.05, 4.69) is 62.0 Å². The molecular weight excluding hydrogens is 208 g/mol. The maximum absolute atomic E-state index is 4.09. The fraction of sp³-hybridized carbons (Fsp3) is 0.467. The molecule has 2 heteroatoms. The molecule has 0 heterocycles. The smallest absolute Gasteiger partial charge is 0.0236 e. The van der Waals surface area contributed by atoms with E-state index in [0.717, 1.165) is 26.2 Å². The Labute approximate surface area is 105 Å². The van der Waals surface area contributed by atoms with Gasteiger partial charge in [0.25, 0.3) is 0 Å². The van der Waals surface area contributed by atoms with Gasteiger partial charge in [-0.2, -0.15) is 0 Å². The molecule has 0 atom stereocenters. The minimum absolute atomic E-state index is 0.911. The number of rotatable bonds is 7. The van der Waals surface area contributed by atoms with Crippen molar-refractivity contribution in [3.05, 3.63) is 47.5 Å². The topological polar surface area (TPSA) is 15.3 Å². The van der Waals surface area contributed by atoms with Gasteiger partial charge in [-0.05, 0) is 37.2 Å². The van der Waals surface area contributed by atoms with Crippen LogP contribution in [-0.4, -0.2) is 31.6 Å². The van der Waals surface area contributed by atoms with Crippen LogP contribution >= 0.6 is 0 Å². The third-order valence-electron chi connectivity index (χ3n) is 2.82. The Hall–Kier alpha value is -1.12. The van der Waals surface area contributed by atoms with Gasteiger partial charge in [0.05, 0.1) is 0 Å². The SMILES string of the molecule is C=C(CNCC)CN(C)Cc1ccccc1C. The second-order valence-corrected chi connectivity index (χ2v) is 4.63. The van der Waals surface area contributed by atoms with E-state index in [9.17, 15) is 0 Å². The summed E-state index contributed by atoms with van der Waals surface area (Å²) in [7, 11) is 2.14. The minimum Gasteiger partial charge on any atom is -0.313 e. The van der Waals surface area contributed by atoms with Crippen LogP contribution in [0.3, 0.4) is 0 Å². The second-order valence-electron chi connectivity index (χ2n) is 4.63. The van der Waals surface area contributed by atoms with E-state index in [1.54, 1.807) is 0 Å². The number of hydrogen-bond acceptors (Lipinski definition) is 2. The first-order chi connectivity index (χ1) is 8.13. The minimum atomic E-state index is 0.911. The molecule has 2 nitrogen and oxygen atoms in total. The van der Waals surface area contributed by atoms with Crippen LogP contribution in [-0.2, 0) is 6.54 Å². The maximum Gasteiger partial charge on any atom is 0.0236 e. The molecule has 0 aliphatic rings. The summed E-state index contributed by atoms with van der Waals surface area (Å²) in [5, 5.41) is 3.30. The van der Waals surface area contributed by atoms with Gasteiger partial charge in [-0.25, -0.2) is 0 Å². The van der Waals surface area contributed by atoms with Crippen LogP contribution in [0.4, 0.5) is 0 Å². The molecule has 1 aromatic carbocycles. The second kappa shape index (κ2) is 7.25. The first-order valence-electron chi connectivity index (χ1n) is 6.24. The van der Waals surface area contributed by atoms with Gasteiger partial charge >= 0.3 is 0 Å². The van der Waals surface area contributed by atoms with Crippen molar-refractivity contribution >= 4 is 0 Å². The molecule has 17 heavy (non-hydrogen) atoms. The molecule has 1 N–H and O–H groups in total. The average Bonchev–Trinajstić information content (AvgIpc) is 2.29. The van der Waals surface area contributed by atoms with Gasteiger partial charge < -0.3 is 5.32 Å². The number of aryl methyl sites for hydroxylation is 1. The number of nitrogens with one attached hydrogen (secondary N) is 1. The van der Waals surface area contributed by atoms with Gasteiger partial charge in [0.15, 0.2) is 0 Å². The molecule has 0 spiro atoms. The third-order valence-corrected chi connectivity index (χ3v) is 2.82. The van der Waals surface area contributed by atoms with E-state index < -0.39 is 0 Å². The normalized spacial score (nSPS) is 10.8. The van der Waals surface area contributed by atoms with Crippen LogP contribution in [0.5, 0.6) is 0 Å². The molecule has 0 saturated heterocycles. The highest BCUT2D eigenvalue weighted by Crippen LogP contribution is 2.09. The largest absolute Gasteiger partial charge is 0.313 e. The Kier molecular flexibility index (Phi) is 5.95. The highest BCUT2D eigenvalue weighted by atomic mass is 15.1. The Balaban J connectivity index is 2.42. The predicted molar refractivity (Wildman–Crippen MR) is 75.2 cm³/mol. The quantitative estimate of drug-likeness (QED) is 0.727. The highest BCUT2D eigenvalue weighted by molar-refractivity contribution is 5.25. The Morgan fingerprint density at radius 3 is 2.71 bits per heavy atom. The van der Waals surface area contributed by atoms with Gasteiger partial charge in [0, 0.05) is 19.6 Å². The molecule has 94 valence electrons. The molecule has 0 amide bonds. The molecule has 0 aromatic heterocycles. The summed E-state index contributed by atoms with van der Waals surface area (Å²) >= 11 is 0. The Morgan fingerprint density at radius 1 is 1.35 bits per heavy atom. The predicted octanol–water partition coefficient (Wildman–Crippen LogP) is 2.59. The monoisotopic (exact) mass is 232 g/mol. The van der Waals surface area contributed by atoms with Gasteiger partial charge in [-0.15, -0.1) is 0 Å². The summed E-state index contributed by atoms with van der Waals surface area (Å²) in [6.07, 6.45) is 0. The Morgan fingerprint density at radius 2 is 2.06 bits per heavy atom. The molecular formula is C15H24N2. The van der Waals surface area contributed by atoms with Gasteiger partial charge in [0.2, 0.25) is 0 Å². The van der Waals surface area contributed by atoms with Crippen molar-refractivity contribution in [2.45, 2.75) is 20.4 Å². The zero-order chi connectivity index (χ0) is 12.7. The first kappa shape index (κ1) is 13.9. The van der Waals surface area contributed by atoms with Crippen LogP contribution in [0, 0.1) is 6.92 Å². The summed E-state index contributed by atoms with van der Waals surface area (Å²) in [5.41, 5.74) is 3.99. The van der Waals surface area contributed by atoms with Crippen LogP contribution in [0.2, 0.25) is 0 Å². The lowest BCUT2D eigenvalue weighted by molar-refractivity contribution is 0.351. The molecule has 0 saturated carbocycles. The maximum atomic E-state index is 4.09. The van der Waals surface area contributed by atoms with Crippen molar-refractivity contribution < 1.29 is 0 Å². The summed E-state index contributed by atoms with van der Waals surface area (Å²) in [5.74, 6) is 0. The van der Waals surface area contributed by atoms with Crippen molar-refractivity contribution in [1.82, 2.24) is 10.2 Å². The van der Waals surface area contributed by atoms with Crippen molar-refractivity contribution in [1.29, 1.82) is 0 Å². The fourth-order valence-electron chi connectivity index (χ4n) is 1.87. The summed E-state index contributed by atoms with van der Waals surface area (Å²) in [6, 6.07) is 8.54. The fourth-order valence-corrected chi connectivity index (χ4v) is 1.87. The number of likely N-dealkylation sites (N-methyl/N-ethyl adjacent to an activating group) is 2. The number of hydrogen-bond donors (Lipinski definition) is 1. The van der Waals surface area contributed by atoms with E-state index in [4.69, 9.17) is 0 Å². The van der Waals surface area contributed by atoms with Gasteiger partial charge in [-0.1, -0.05) is 37.8 Å². The molecule has 0 aliphatic heterocycles. The third kappa shape index (κ3) is 5.16. The zero-order valence-electron chi connectivity index (χ0n) is 11.3. The van der Waals surface area contributed by atoms with E-state index in [1.807, 2.05) is 0 Å². The van der Waals surface area contributed by atoms with Crippen LogP contribution < -0.4 is 5.32 Å². The summed E-state index contributed by atoms with van der Waals surface area (Å²) < 4.78 is 0. The van der Waals surface area contributed by atoms with Crippen LogP contribution in [0.15, 0.2) is 36.4 Å². The van der Waals surface area contributed by atoms with E-state index in [1.165, 1.54) is 16.7 Å². The zero-order valence-corrected chi connectivity index (χ0v) is 11.3. The lowest BCUT2D eigenvalue weighted by Gasteiger charge is -2.19. The first-order valence-corrected chi connectivity index (χ1v) is 6.24. The lowest BCUT2D eigenvalue weighted by atomic mass is 10.1. The van der Waals surface area contributed by atoms with E-state index in [0.29, 0.717) is 0 Å². The summed E-state index contributed by atoms with van der Waals surface area (Å²) in [6.45, 7) is 12.2. The number of nitrogens with zero attached hydrogens (tertiary/aromatic N) is 1. The molecule has 1 rings (SSSR count). The van der Waals surface area contributed by atoms with Crippen molar-refractivity contribution in [3.63, 3.8) is 0 Å². The van der Waals surface area contributed by atoms with E-state index >= 15 is 0 Å². The van der Waals surface area contributed by atoms with Crippen molar-refractivity contribution in [2.24, 2.45) is 0 Å². The highest BCUT2D eigenvalue weighted by Gasteiger charge is 2.04. The number of benzene rings is 1. The van der Waals surface area contributed by atoms with Gasteiger partial charge in [0.1, 0.15) is 0 Å². The molecule has 0 aliphatic carbocycles. The Bertz CT molecular complexity index is 358. The molecule has 0 fully saturated rings. The molecule has 0 unspecified atom stereocenters. The standard InChI is InChI=1S/C15H24N2/c1-5-16-10-13(2)11-17(4)12-15-9-7-6-8-14(15)3/h6-9,16H,2,5,10-12H2,1,3-4H3. The van der Waals surface area contributed by atoms with Gasteiger partial charge in [-0.3, -0.25) is 4.90 Å². The van der Waals surface area contributed by atoms with Crippen molar-refractivity contribution in [3.8, 4) is 0 Å². The molecule has 1 aromatic rings. The van der Waals surface area contributed by atoms with Crippen molar-refractivity contribution in [2.75, 3.05) is 26.7 Å².